The van der Waals surface area contributed by atoms with Gasteiger partial charge in [-0.25, -0.2) is 9.78 Å². The number of fused-ring (bicyclic) bond motifs is 1. The van der Waals surface area contributed by atoms with E-state index in [0.717, 1.165) is 43.8 Å². The summed E-state index contributed by atoms with van der Waals surface area (Å²) >= 11 is 0. The maximum Gasteiger partial charge on any atom is 0.335 e. The predicted molar refractivity (Wildman–Crippen MR) is 81.5 cm³/mol. The molecule has 6 heteroatoms. The number of hydrogen-bond acceptors (Lipinski definition) is 5. The molecule has 116 valence electrons. The molecule has 1 saturated heterocycles. The highest BCUT2D eigenvalue weighted by Gasteiger charge is 2.10. The second-order valence-corrected chi connectivity index (χ2v) is 5.16. The summed E-state index contributed by atoms with van der Waals surface area (Å²) < 4.78 is 11.0. The highest BCUT2D eigenvalue weighted by atomic mass is 16.5. The van der Waals surface area contributed by atoms with Crippen LogP contribution in [-0.4, -0.2) is 60.4 Å². The van der Waals surface area contributed by atoms with Gasteiger partial charge in [-0.3, -0.25) is 4.90 Å². The van der Waals surface area contributed by atoms with E-state index in [1.165, 1.54) is 0 Å². The highest BCUT2D eigenvalue weighted by molar-refractivity contribution is 5.93. The van der Waals surface area contributed by atoms with Gasteiger partial charge in [0.25, 0.3) is 0 Å². The Bertz CT molecular complexity index is 668. The van der Waals surface area contributed by atoms with Gasteiger partial charge in [0.2, 0.25) is 5.88 Å². The van der Waals surface area contributed by atoms with Crippen LogP contribution in [0.15, 0.2) is 30.3 Å². The van der Waals surface area contributed by atoms with Crippen LogP contribution < -0.4 is 4.74 Å². The highest BCUT2D eigenvalue weighted by Crippen LogP contribution is 2.18. The summed E-state index contributed by atoms with van der Waals surface area (Å²) in [5.74, 6) is -0.378. The molecule has 0 spiro atoms. The van der Waals surface area contributed by atoms with Gasteiger partial charge in [0.05, 0.1) is 24.3 Å². The standard InChI is InChI=1S/C16H18N2O4/c19-16(20)13-1-3-14-12(11-13)2-4-15(17-14)22-10-7-18-5-8-21-9-6-18/h1-4,11H,5-10H2,(H,19,20). The van der Waals surface area contributed by atoms with Crippen molar-refractivity contribution < 1.29 is 19.4 Å². The quantitative estimate of drug-likeness (QED) is 0.905. The van der Waals surface area contributed by atoms with Crippen LogP contribution >= 0.6 is 0 Å². The number of carboxylic acid groups (broad SMARTS) is 1. The summed E-state index contributed by atoms with van der Waals surface area (Å²) in [6, 6.07) is 8.47. The first kappa shape index (κ1) is 14.7. The molecule has 0 atom stereocenters. The van der Waals surface area contributed by atoms with Crippen molar-refractivity contribution in [2.75, 3.05) is 39.5 Å². The maximum atomic E-state index is 10.9. The maximum absolute atomic E-state index is 10.9. The fourth-order valence-corrected chi connectivity index (χ4v) is 2.42. The molecule has 0 saturated carbocycles. The van der Waals surface area contributed by atoms with Gasteiger partial charge >= 0.3 is 5.97 Å². The van der Waals surface area contributed by atoms with E-state index in [9.17, 15) is 4.79 Å². The van der Waals surface area contributed by atoms with E-state index in [1.807, 2.05) is 6.07 Å². The van der Waals surface area contributed by atoms with Gasteiger partial charge < -0.3 is 14.6 Å². The number of pyridine rings is 1. The second kappa shape index (κ2) is 6.72. The number of morpholine rings is 1. The molecule has 6 nitrogen and oxygen atoms in total. The van der Waals surface area contributed by atoms with E-state index in [4.69, 9.17) is 14.6 Å². The summed E-state index contributed by atoms with van der Waals surface area (Å²) in [6.07, 6.45) is 0. The molecule has 0 amide bonds. The Labute approximate surface area is 128 Å². The Kier molecular flexibility index (Phi) is 4.50. The van der Waals surface area contributed by atoms with Crippen molar-refractivity contribution in [3.63, 3.8) is 0 Å². The van der Waals surface area contributed by atoms with Gasteiger partial charge in [0.15, 0.2) is 0 Å². The van der Waals surface area contributed by atoms with E-state index >= 15 is 0 Å². The van der Waals surface area contributed by atoms with E-state index in [1.54, 1.807) is 24.3 Å². The molecule has 0 aliphatic carbocycles. The first-order valence-corrected chi connectivity index (χ1v) is 7.29. The molecule has 0 bridgehead atoms. The van der Waals surface area contributed by atoms with Gasteiger partial charge in [-0.1, -0.05) is 0 Å². The molecule has 1 aliphatic rings. The third kappa shape index (κ3) is 3.52. The molecule has 2 aromatic rings. The van der Waals surface area contributed by atoms with Crippen molar-refractivity contribution >= 4 is 16.9 Å². The van der Waals surface area contributed by atoms with E-state index < -0.39 is 5.97 Å². The lowest BCUT2D eigenvalue weighted by Gasteiger charge is -2.26. The number of nitrogens with zero attached hydrogens (tertiary/aromatic N) is 2. The molecule has 22 heavy (non-hydrogen) atoms. The molecular weight excluding hydrogens is 284 g/mol. The number of hydrogen-bond donors (Lipinski definition) is 1. The van der Waals surface area contributed by atoms with E-state index in [0.29, 0.717) is 12.5 Å². The second-order valence-electron chi connectivity index (χ2n) is 5.16. The average Bonchev–Trinajstić information content (AvgIpc) is 2.55. The number of rotatable bonds is 5. The molecule has 1 aromatic carbocycles. The van der Waals surface area contributed by atoms with Crippen molar-refractivity contribution in [1.29, 1.82) is 0 Å². The summed E-state index contributed by atoms with van der Waals surface area (Å²) in [5, 5.41) is 9.77. The Morgan fingerprint density at radius 1 is 1.27 bits per heavy atom. The monoisotopic (exact) mass is 302 g/mol. The van der Waals surface area contributed by atoms with Gasteiger partial charge in [0, 0.05) is 31.1 Å². The minimum Gasteiger partial charge on any atom is -0.478 e. The van der Waals surface area contributed by atoms with Crippen molar-refractivity contribution in [3.05, 3.63) is 35.9 Å². The van der Waals surface area contributed by atoms with Crippen LogP contribution in [0, 0.1) is 0 Å². The molecule has 1 aromatic heterocycles. The lowest BCUT2D eigenvalue weighted by Crippen LogP contribution is -2.38. The lowest BCUT2D eigenvalue weighted by atomic mass is 10.1. The Morgan fingerprint density at radius 3 is 2.86 bits per heavy atom. The van der Waals surface area contributed by atoms with Crippen molar-refractivity contribution in [3.8, 4) is 5.88 Å². The van der Waals surface area contributed by atoms with Crippen molar-refractivity contribution in [2.24, 2.45) is 0 Å². The molecule has 2 heterocycles. The summed E-state index contributed by atoms with van der Waals surface area (Å²) in [5.41, 5.74) is 0.990. The van der Waals surface area contributed by atoms with Gasteiger partial charge in [-0.15, -0.1) is 0 Å². The SMILES string of the molecule is O=C(O)c1ccc2nc(OCCN3CCOCC3)ccc2c1. The summed E-state index contributed by atoms with van der Waals surface area (Å²) in [7, 11) is 0. The van der Waals surface area contributed by atoms with Crippen LogP contribution in [0.3, 0.4) is 0 Å². The molecule has 1 aliphatic heterocycles. The fourth-order valence-electron chi connectivity index (χ4n) is 2.42. The normalized spacial score (nSPS) is 15.8. The summed E-state index contributed by atoms with van der Waals surface area (Å²) in [4.78, 5) is 17.6. The molecule has 1 fully saturated rings. The van der Waals surface area contributed by atoms with Crippen LogP contribution in [0.2, 0.25) is 0 Å². The van der Waals surface area contributed by atoms with E-state index in [2.05, 4.69) is 9.88 Å². The Balaban J connectivity index is 1.62. The largest absolute Gasteiger partial charge is 0.478 e. The molecule has 3 rings (SSSR count). The number of carboxylic acids is 1. The Hall–Kier alpha value is -2.18. The first-order valence-electron chi connectivity index (χ1n) is 7.29. The minimum atomic E-state index is -0.937. The van der Waals surface area contributed by atoms with Crippen molar-refractivity contribution in [1.82, 2.24) is 9.88 Å². The number of aromatic nitrogens is 1. The van der Waals surface area contributed by atoms with Crippen LogP contribution in [0.1, 0.15) is 10.4 Å². The minimum absolute atomic E-state index is 0.260. The molecule has 1 N–H and O–H groups in total. The van der Waals surface area contributed by atoms with Crippen LogP contribution in [0.25, 0.3) is 10.9 Å². The van der Waals surface area contributed by atoms with Crippen LogP contribution in [0.5, 0.6) is 5.88 Å². The molecule has 0 unspecified atom stereocenters. The zero-order valence-corrected chi connectivity index (χ0v) is 12.2. The van der Waals surface area contributed by atoms with Crippen LogP contribution in [0.4, 0.5) is 0 Å². The Morgan fingerprint density at radius 2 is 2.09 bits per heavy atom. The fraction of sp³-hybridized carbons (Fsp3) is 0.375. The average molecular weight is 302 g/mol. The summed E-state index contributed by atoms with van der Waals surface area (Å²) in [6.45, 7) is 4.85. The van der Waals surface area contributed by atoms with Crippen LogP contribution in [-0.2, 0) is 4.74 Å². The zero-order valence-electron chi connectivity index (χ0n) is 12.2. The van der Waals surface area contributed by atoms with Gasteiger partial charge in [-0.2, -0.15) is 0 Å². The smallest absolute Gasteiger partial charge is 0.335 e. The number of ether oxygens (including phenoxy) is 2. The van der Waals surface area contributed by atoms with E-state index in [-0.39, 0.29) is 5.56 Å². The predicted octanol–water partition coefficient (Wildman–Crippen LogP) is 1.64. The molecular formula is C16H18N2O4. The zero-order chi connectivity index (χ0) is 15.4. The topological polar surface area (TPSA) is 71.9 Å². The number of benzene rings is 1. The van der Waals surface area contributed by atoms with Crippen molar-refractivity contribution in [2.45, 2.75) is 0 Å². The lowest BCUT2D eigenvalue weighted by molar-refractivity contribution is 0.0320. The third-order valence-electron chi connectivity index (χ3n) is 3.67. The van der Waals surface area contributed by atoms with Gasteiger partial charge in [0.1, 0.15) is 6.61 Å². The third-order valence-corrected chi connectivity index (χ3v) is 3.67. The number of aromatic carboxylic acids is 1. The number of carbonyl (C=O) groups is 1. The molecule has 0 radical (unpaired) electrons. The first-order chi connectivity index (χ1) is 10.7. The van der Waals surface area contributed by atoms with Gasteiger partial charge in [-0.05, 0) is 24.3 Å².